The van der Waals surface area contributed by atoms with Crippen LogP contribution < -0.4 is 5.32 Å². The van der Waals surface area contributed by atoms with Crippen molar-refractivity contribution >= 4 is 35.3 Å². The van der Waals surface area contributed by atoms with E-state index in [1.807, 2.05) is 13.8 Å². The van der Waals surface area contributed by atoms with Gasteiger partial charge in [0.2, 0.25) is 17.7 Å². The van der Waals surface area contributed by atoms with E-state index in [1.54, 1.807) is 14.0 Å². The van der Waals surface area contributed by atoms with E-state index in [2.05, 4.69) is 5.32 Å². The van der Waals surface area contributed by atoms with Crippen molar-refractivity contribution in [2.45, 2.75) is 75.7 Å². The smallest absolute Gasteiger partial charge is 0.242 e. The topological polar surface area (TPSA) is 83.6 Å². The number of nitrogens with zero attached hydrogens (tertiary/aromatic N) is 1. The molecule has 25 heavy (non-hydrogen) atoms. The van der Waals surface area contributed by atoms with Gasteiger partial charge in [0.1, 0.15) is 5.78 Å². The van der Waals surface area contributed by atoms with E-state index < -0.39 is 0 Å². The van der Waals surface area contributed by atoms with E-state index in [0.717, 1.165) is 19.3 Å². The molecular weight excluding hydrogens is 340 g/mol. The summed E-state index contributed by atoms with van der Waals surface area (Å²) in [7, 11) is 1.61. The number of hydrogen-bond donors (Lipinski definition) is 1. The van der Waals surface area contributed by atoms with Crippen LogP contribution in [0.2, 0.25) is 0 Å². The first-order valence-electron chi connectivity index (χ1n) is 8.88. The Kier molecular flexibility index (Phi) is 8.62. The predicted molar refractivity (Wildman–Crippen MR) is 99.2 cm³/mol. The lowest BCUT2D eigenvalue weighted by Gasteiger charge is -2.26. The van der Waals surface area contributed by atoms with Crippen LogP contribution >= 0.6 is 11.8 Å². The van der Waals surface area contributed by atoms with Gasteiger partial charge in [0, 0.05) is 37.6 Å². The average Bonchev–Trinajstić information content (AvgIpc) is 2.78. The number of nitrogens with one attached hydrogen (secondary N) is 1. The van der Waals surface area contributed by atoms with Crippen LogP contribution in [-0.2, 0) is 19.2 Å². The number of rotatable bonds is 11. The standard InChI is InChI=1S/C18H30N2O4S/c1-13(21)8-6-5-7-11-20-16(23)12-14(17(20)24)25-18(2,3)10-9-15(22)19-4/h14H,5-12H2,1-4H3,(H,19,22). The highest BCUT2D eigenvalue weighted by Gasteiger charge is 2.41. The molecule has 1 aliphatic heterocycles. The number of imide groups is 1. The van der Waals surface area contributed by atoms with Gasteiger partial charge in [-0.1, -0.05) is 20.3 Å². The Balaban J connectivity index is 2.45. The highest BCUT2D eigenvalue weighted by Crippen LogP contribution is 2.37. The molecule has 1 atom stereocenters. The SMILES string of the molecule is CNC(=O)CCC(C)(C)SC1CC(=O)N(CCCCCC(C)=O)C1=O. The Morgan fingerprint density at radius 1 is 1.20 bits per heavy atom. The summed E-state index contributed by atoms with van der Waals surface area (Å²) in [4.78, 5) is 48.3. The molecule has 0 bridgehead atoms. The lowest BCUT2D eigenvalue weighted by molar-refractivity contribution is -0.138. The van der Waals surface area contributed by atoms with Crippen LogP contribution in [-0.4, -0.2) is 52.0 Å². The Hall–Kier alpha value is -1.37. The lowest BCUT2D eigenvalue weighted by atomic mass is 10.1. The molecule has 3 amide bonds. The monoisotopic (exact) mass is 370 g/mol. The molecule has 0 radical (unpaired) electrons. The maximum absolute atomic E-state index is 12.5. The molecule has 1 saturated heterocycles. The normalized spacial score (nSPS) is 17.9. The summed E-state index contributed by atoms with van der Waals surface area (Å²) in [5.74, 6) is -0.0794. The average molecular weight is 371 g/mol. The highest BCUT2D eigenvalue weighted by atomic mass is 32.2. The van der Waals surface area contributed by atoms with E-state index in [0.29, 0.717) is 25.8 Å². The van der Waals surface area contributed by atoms with Crippen molar-refractivity contribution < 1.29 is 19.2 Å². The first-order valence-corrected chi connectivity index (χ1v) is 9.76. The van der Waals surface area contributed by atoms with Gasteiger partial charge in [0.05, 0.1) is 5.25 Å². The summed E-state index contributed by atoms with van der Waals surface area (Å²) >= 11 is 1.49. The van der Waals surface area contributed by atoms with Gasteiger partial charge in [-0.2, -0.15) is 0 Å². The van der Waals surface area contributed by atoms with Crippen molar-refractivity contribution in [3.05, 3.63) is 0 Å². The summed E-state index contributed by atoms with van der Waals surface area (Å²) in [6.07, 6.45) is 4.23. The van der Waals surface area contributed by atoms with E-state index in [9.17, 15) is 19.2 Å². The molecule has 1 heterocycles. The molecule has 6 nitrogen and oxygen atoms in total. The van der Waals surface area contributed by atoms with Crippen LogP contribution in [0.4, 0.5) is 0 Å². The maximum Gasteiger partial charge on any atom is 0.242 e. The third kappa shape index (κ3) is 7.59. The molecule has 1 unspecified atom stereocenters. The van der Waals surface area contributed by atoms with Gasteiger partial charge in [-0.05, 0) is 26.2 Å². The molecule has 1 aliphatic rings. The molecule has 1 fully saturated rings. The van der Waals surface area contributed by atoms with Gasteiger partial charge in [0.25, 0.3) is 0 Å². The molecule has 0 saturated carbocycles. The largest absolute Gasteiger partial charge is 0.359 e. The van der Waals surface area contributed by atoms with Gasteiger partial charge in [-0.15, -0.1) is 11.8 Å². The van der Waals surface area contributed by atoms with Crippen LogP contribution in [0.25, 0.3) is 0 Å². The number of carbonyl (C=O) groups is 4. The van der Waals surface area contributed by atoms with Crippen molar-refractivity contribution in [1.29, 1.82) is 0 Å². The number of unbranched alkanes of at least 4 members (excludes halogenated alkanes) is 2. The van der Waals surface area contributed by atoms with Crippen molar-refractivity contribution in [3.63, 3.8) is 0 Å². The zero-order valence-electron chi connectivity index (χ0n) is 15.7. The third-order valence-corrected chi connectivity index (χ3v) is 5.80. The van der Waals surface area contributed by atoms with Crippen LogP contribution in [0.1, 0.15) is 65.7 Å². The fourth-order valence-electron chi connectivity index (χ4n) is 2.78. The molecule has 7 heteroatoms. The molecule has 0 aromatic rings. The third-order valence-electron chi connectivity index (χ3n) is 4.31. The fraction of sp³-hybridized carbons (Fsp3) is 0.778. The van der Waals surface area contributed by atoms with Gasteiger partial charge in [0.15, 0.2) is 0 Å². The second-order valence-corrected chi connectivity index (χ2v) is 9.05. The van der Waals surface area contributed by atoms with Gasteiger partial charge in [-0.3, -0.25) is 19.3 Å². The molecule has 142 valence electrons. The van der Waals surface area contributed by atoms with Gasteiger partial charge < -0.3 is 10.1 Å². The van der Waals surface area contributed by atoms with Gasteiger partial charge in [-0.25, -0.2) is 0 Å². The number of carbonyl (C=O) groups excluding carboxylic acids is 4. The second kappa shape index (κ2) is 9.94. The summed E-state index contributed by atoms with van der Waals surface area (Å²) in [5.41, 5.74) is 0. The molecule has 0 spiro atoms. The van der Waals surface area contributed by atoms with Crippen molar-refractivity contribution in [2.75, 3.05) is 13.6 Å². The number of ketones is 1. The zero-order chi connectivity index (χ0) is 19.0. The molecule has 0 aliphatic carbocycles. The minimum atomic E-state index is -0.357. The quantitative estimate of drug-likeness (QED) is 0.446. The molecule has 1 N–H and O–H groups in total. The van der Waals surface area contributed by atoms with Crippen LogP contribution in [0, 0.1) is 0 Å². The zero-order valence-corrected chi connectivity index (χ0v) is 16.5. The second-order valence-electron chi connectivity index (χ2n) is 7.14. The van der Waals surface area contributed by atoms with Crippen molar-refractivity contribution in [3.8, 4) is 0 Å². The Bertz CT molecular complexity index is 519. The summed E-state index contributed by atoms with van der Waals surface area (Å²) in [5, 5.41) is 2.24. The summed E-state index contributed by atoms with van der Waals surface area (Å²) < 4.78 is -0.245. The maximum atomic E-state index is 12.5. The molecule has 0 aromatic heterocycles. The van der Waals surface area contributed by atoms with Gasteiger partial charge >= 0.3 is 0 Å². The molecular formula is C18H30N2O4S. The number of hydrogen-bond acceptors (Lipinski definition) is 5. The summed E-state index contributed by atoms with van der Waals surface area (Å²) in [6.45, 7) is 6.01. The highest BCUT2D eigenvalue weighted by molar-refractivity contribution is 8.02. The number of thioether (sulfide) groups is 1. The fourth-order valence-corrected chi connectivity index (χ4v) is 4.23. The lowest BCUT2D eigenvalue weighted by Crippen LogP contribution is -2.33. The number of Topliss-reactive ketones (excluding diaryl/α,β-unsaturated/α-hetero) is 1. The molecule has 1 rings (SSSR count). The van der Waals surface area contributed by atoms with Crippen LogP contribution in [0.5, 0.6) is 0 Å². The van der Waals surface area contributed by atoms with Crippen LogP contribution in [0.15, 0.2) is 0 Å². The molecule has 0 aromatic carbocycles. The Morgan fingerprint density at radius 2 is 1.88 bits per heavy atom. The van der Waals surface area contributed by atoms with E-state index in [-0.39, 0.29) is 39.9 Å². The van der Waals surface area contributed by atoms with Crippen LogP contribution in [0.3, 0.4) is 0 Å². The van der Waals surface area contributed by atoms with E-state index >= 15 is 0 Å². The number of likely N-dealkylation sites (tertiary alicyclic amines) is 1. The minimum Gasteiger partial charge on any atom is -0.359 e. The Labute approximate surface area is 154 Å². The first kappa shape index (κ1) is 21.7. The first-order chi connectivity index (χ1) is 11.7. The van der Waals surface area contributed by atoms with E-state index in [4.69, 9.17) is 0 Å². The predicted octanol–water partition coefficient (Wildman–Crippen LogP) is 2.30. The van der Waals surface area contributed by atoms with Crippen molar-refractivity contribution in [1.82, 2.24) is 10.2 Å². The number of amides is 3. The summed E-state index contributed by atoms with van der Waals surface area (Å²) in [6, 6.07) is 0. The minimum absolute atomic E-state index is 0.0188. The van der Waals surface area contributed by atoms with E-state index in [1.165, 1.54) is 16.7 Å². The van der Waals surface area contributed by atoms with Crippen molar-refractivity contribution in [2.24, 2.45) is 0 Å². The Morgan fingerprint density at radius 3 is 2.48 bits per heavy atom.